The number of aromatic amines is 1. The molecular formula is C12H24N4. The van der Waals surface area contributed by atoms with E-state index in [4.69, 9.17) is 0 Å². The molecule has 4 heteroatoms. The minimum atomic E-state index is 0.604. The number of nitrogens with zero attached hydrogens (tertiary/aromatic N) is 2. The fourth-order valence-electron chi connectivity index (χ4n) is 1.89. The molecule has 2 N–H and O–H groups in total. The van der Waals surface area contributed by atoms with E-state index in [0.717, 1.165) is 18.8 Å². The Kier molecular flexibility index (Phi) is 4.96. The molecule has 0 aliphatic heterocycles. The van der Waals surface area contributed by atoms with Crippen LogP contribution in [0, 0.1) is 13.8 Å². The third-order valence-corrected chi connectivity index (χ3v) is 3.16. The third kappa shape index (κ3) is 3.32. The van der Waals surface area contributed by atoms with Crippen LogP contribution in [-0.4, -0.2) is 41.8 Å². The zero-order chi connectivity index (χ0) is 12.1. The van der Waals surface area contributed by atoms with Crippen molar-refractivity contribution in [2.45, 2.75) is 39.8 Å². The summed E-state index contributed by atoms with van der Waals surface area (Å²) in [6.45, 7) is 8.26. The van der Waals surface area contributed by atoms with Crippen LogP contribution in [0.4, 0.5) is 0 Å². The van der Waals surface area contributed by atoms with Crippen LogP contribution in [0.2, 0.25) is 0 Å². The number of aromatic nitrogens is 2. The molecule has 0 aliphatic carbocycles. The molecule has 0 bridgehead atoms. The highest BCUT2D eigenvalue weighted by Crippen LogP contribution is 2.08. The van der Waals surface area contributed by atoms with Crippen molar-refractivity contribution in [2.75, 3.05) is 20.6 Å². The predicted molar refractivity (Wildman–Crippen MR) is 67.5 cm³/mol. The summed E-state index contributed by atoms with van der Waals surface area (Å²) < 4.78 is 0. The largest absolute Gasteiger partial charge is 0.311 e. The van der Waals surface area contributed by atoms with E-state index in [9.17, 15) is 0 Å². The maximum absolute atomic E-state index is 4.19. The Labute approximate surface area is 98.4 Å². The Morgan fingerprint density at radius 3 is 2.50 bits per heavy atom. The SMILES string of the molecule is CCC(CNCc1c(C)n[nH]c1C)N(C)C. The maximum Gasteiger partial charge on any atom is 0.0638 e. The Balaban J connectivity index is 2.41. The zero-order valence-electron chi connectivity index (χ0n) is 11.1. The number of aryl methyl sites for hydroxylation is 2. The second-order valence-corrected chi connectivity index (χ2v) is 4.57. The second-order valence-electron chi connectivity index (χ2n) is 4.57. The van der Waals surface area contributed by atoms with Gasteiger partial charge in [0.05, 0.1) is 5.69 Å². The lowest BCUT2D eigenvalue weighted by Crippen LogP contribution is -2.37. The van der Waals surface area contributed by atoms with Gasteiger partial charge in [0.2, 0.25) is 0 Å². The molecule has 0 aromatic carbocycles. The van der Waals surface area contributed by atoms with Crippen molar-refractivity contribution < 1.29 is 0 Å². The van der Waals surface area contributed by atoms with Crippen molar-refractivity contribution in [2.24, 2.45) is 0 Å². The highest BCUT2D eigenvalue weighted by molar-refractivity contribution is 5.22. The van der Waals surface area contributed by atoms with Crippen molar-refractivity contribution in [3.05, 3.63) is 17.0 Å². The van der Waals surface area contributed by atoms with Gasteiger partial charge in [-0.1, -0.05) is 6.92 Å². The molecule has 16 heavy (non-hydrogen) atoms. The number of hydrogen-bond acceptors (Lipinski definition) is 3. The van der Waals surface area contributed by atoms with Gasteiger partial charge in [-0.2, -0.15) is 5.10 Å². The quantitative estimate of drug-likeness (QED) is 0.769. The Bertz CT molecular complexity index is 297. The molecule has 1 rings (SSSR count). The number of likely N-dealkylation sites (N-methyl/N-ethyl adjacent to an activating group) is 1. The summed E-state index contributed by atoms with van der Waals surface area (Å²) in [4.78, 5) is 2.27. The van der Waals surface area contributed by atoms with E-state index in [0.29, 0.717) is 6.04 Å². The monoisotopic (exact) mass is 224 g/mol. The van der Waals surface area contributed by atoms with Crippen LogP contribution in [0.1, 0.15) is 30.3 Å². The van der Waals surface area contributed by atoms with Crippen molar-refractivity contribution in [1.29, 1.82) is 0 Å². The van der Waals surface area contributed by atoms with Gasteiger partial charge in [0.15, 0.2) is 0 Å². The Hall–Kier alpha value is -0.870. The first-order chi connectivity index (χ1) is 7.56. The highest BCUT2D eigenvalue weighted by Gasteiger charge is 2.09. The molecule has 0 saturated heterocycles. The number of nitrogens with one attached hydrogen (secondary N) is 2. The van der Waals surface area contributed by atoms with E-state index in [2.05, 4.69) is 48.4 Å². The van der Waals surface area contributed by atoms with Crippen molar-refractivity contribution in [3.63, 3.8) is 0 Å². The standard InChI is InChI=1S/C12H24N4/c1-6-11(16(4)5)7-13-8-12-9(2)14-15-10(12)3/h11,13H,6-8H2,1-5H3,(H,14,15). The first-order valence-electron chi connectivity index (χ1n) is 5.93. The molecule has 1 aromatic rings. The predicted octanol–water partition coefficient (Wildman–Crippen LogP) is 1.46. The molecule has 4 nitrogen and oxygen atoms in total. The summed E-state index contributed by atoms with van der Waals surface area (Å²) in [7, 11) is 4.26. The van der Waals surface area contributed by atoms with Crippen LogP contribution in [0.5, 0.6) is 0 Å². The number of rotatable bonds is 6. The van der Waals surface area contributed by atoms with Crippen LogP contribution >= 0.6 is 0 Å². The van der Waals surface area contributed by atoms with Gasteiger partial charge in [-0.25, -0.2) is 0 Å². The molecular weight excluding hydrogens is 200 g/mol. The third-order valence-electron chi connectivity index (χ3n) is 3.16. The van der Waals surface area contributed by atoms with Gasteiger partial charge in [0, 0.05) is 30.4 Å². The lowest BCUT2D eigenvalue weighted by molar-refractivity contribution is 0.276. The number of hydrogen-bond donors (Lipinski definition) is 2. The first kappa shape index (κ1) is 13.2. The lowest BCUT2D eigenvalue weighted by Gasteiger charge is -2.23. The molecule has 1 unspecified atom stereocenters. The second kappa shape index (κ2) is 6.01. The maximum atomic E-state index is 4.19. The van der Waals surface area contributed by atoms with E-state index in [1.54, 1.807) is 0 Å². The smallest absolute Gasteiger partial charge is 0.0638 e. The Morgan fingerprint density at radius 2 is 2.06 bits per heavy atom. The molecule has 0 saturated carbocycles. The van der Waals surface area contributed by atoms with Crippen LogP contribution in [0.15, 0.2) is 0 Å². The fraction of sp³-hybridized carbons (Fsp3) is 0.750. The highest BCUT2D eigenvalue weighted by atomic mass is 15.1. The molecule has 0 aliphatic rings. The summed E-state index contributed by atoms with van der Waals surface area (Å²) in [5, 5.41) is 10.7. The van der Waals surface area contributed by atoms with E-state index in [1.807, 2.05) is 6.92 Å². The Morgan fingerprint density at radius 1 is 1.38 bits per heavy atom. The van der Waals surface area contributed by atoms with E-state index < -0.39 is 0 Å². The first-order valence-corrected chi connectivity index (χ1v) is 5.93. The van der Waals surface area contributed by atoms with E-state index in [-0.39, 0.29) is 0 Å². The summed E-state index contributed by atoms with van der Waals surface area (Å²) in [6, 6.07) is 0.604. The molecule has 0 radical (unpaired) electrons. The molecule has 0 fully saturated rings. The number of H-pyrrole nitrogens is 1. The van der Waals surface area contributed by atoms with Gasteiger partial charge in [-0.05, 0) is 34.4 Å². The van der Waals surface area contributed by atoms with Crippen LogP contribution in [0.25, 0.3) is 0 Å². The van der Waals surface area contributed by atoms with Crippen LogP contribution in [0.3, 0.4) is 0 Å². The molecule has 92 valence electrons. The molecule has 0 amide bonds. The van der Waals surface area contributed by atoms with E-state index in [1.165, 1.54) is 17.7 Å². The van der Waals surface area contributed by atoms with Crippen LogP contribution < -0.4 is 5.32 Å². The van der Waals surface area contributed by atoms with Gasteiger partial charge < -0.3 is 10.2 Å². The summed E-state index contributed by atoms with van der Waals surface area (Å²) in [5.41, 5.74) is 3.57. The lowest BCUT2D eigenvalue weighted by atomic mass is 10.1. The van der Waals surface area contributed by atoms with Gasteiger partial charge in [0.1, 0.15) is 0 Å². The molecule has 1 atom stereocenters. The average Bonchev–Trinajstić information content (AvgIpc) is 2.54. The minimum Gasteiger partial charge on any atom is -0.311 e. The summed E-state index contributed by atoms with van der Waals surface area (Å²) >= 11 is 0. The average molecular weight is 224 g/mol. The van der Waals surface area contributed by atoms with Crippen molar-refractivity contribution >= 4 is 0 Å². The molecule has 1 aromatic heterocycles. The summed E-state index contributed by atoms with van der Waals surface area (Å²) in [5.74, 6) is 0. The van der Waals surface area contributed by atoms with Crippen LogP contribution in [-0.2, 0) is 6.54 Å². The van der Waals surface area contributed by atoms with Gasteiger partial charge in [0.25, 0.3) is 0 Å². The van der Waals surface area contributed by atoms with Crippen molar-refractivity contribution in [3.8, 4) is 0 Å². The fourth-order valence-corrected chi connectivity index (χ4v) is 1.89. The topological polar surface area (TPSA) is 44.0 Å². The van der Waals surface area contributed by atoms with Gasteiger partial charge in [-0.3, -0.25) is 5.10 Å². The summed E-state index contributed by atoms with van der Waals surface area (Å²) in [6.07, 6.45) is 1.17. The minimum absolute atomic E-state index is 0.604. The zero-order valence-corrected chi connectivity index (χ0v) is 11.1. The van der Waals surface area contributed by atoms with Crippen molar-refractivity contribution in [1.82, 2.24) is 20.4 Å². The molecule has 1 heterocycles. The normalized spacial score (nSPS) is 13.4. The van der Waals surface area contributed by atoms with E-state index >= 15 is 0 Å². The van der Waals surface area contributed by atoms with Gasteiger partial charge >= 0.3 is 0 Å². The van der Waals surface area contributed by atoms with Gasteiger partial charge in [-0.15, -0.1) is 0 Å². The molecule has 0 spiro atoms.